The van der Waals surface area contributed by atoms with Gasteiger partial charge in [0.15, 0.2) is 0 Å². The van der Waals surface area contributed by atoms with Crippen molar-refractivity contribution in [3.63, 3.8) is 0 Å². The molecule has 1 aliphatic heterocycles. The molecule has 0 saturated heterocycles. The topological polar surface area (TPSA) is 54.5 Å². The second-order valence-corrected chi connectivity index (χ2v) is 4.65. The maximum atomic E-state index is 12.1. The van der Waals surface area contributed by atoms with Crippen molar-refractivity contribution in [2.75, 3.05) is 30.4 Å². The Balaban J connectivity index is 1.82. The van der Waals surface area contributed by atoms with Gasteiger partial charge in [-0.2, -0.15) is 0 Å². The summed E-state index contributed by atoms with van der Waals surface area (Å²) < 4.78 is 5.57. The summed E-state index contributed by atoms with van der Waals surface area (Å²) in [6.07, 6.45) is 3.19. The number of carbonyl (C=O) groups is 1. The molecule has 1 aliphatic rings. The molecule has 1 amide bonds. The molecule has 5 heteroatoms. The summed E-state index contributed by atoms with van der Waals surface area (Å²) in [5, 5.41) is 2.87. The number of hydrogen-bond donors (Lipinski definition) is 1. The number of pyridine rings is 1. The summed E-state index contributed by atoms with van der Waals surface area (Å²) in [5.74, 6) is 0.676. The lowest BCUT2D eigenvalue weighted by atomic mass is 10.2. The minimum atomic E-state index is -0.169. The first-order chi connectivity index (χ1) is 9.74. The van der Waals surface area contributed by atoms with Gasteiger partial charge in [0.25, 0.3) is 5.91 Å². The van der Waals surface area contributed by atoms with Gasteiger partial charge < -0.3 is 15.0 Å². The molecule has 0 bridgehead atoms. The molecule has 0 saturated carbocycles. The Kier molecular flexibility index (Phi) is 3.25. The molecule has 20 heavy (non-hydrogen) atoms. The van der Waals surface area contributed by atoms with E-state index >= 15 is 0 Å². The average molecular weight is 269 g/mol. The van der Waals surface area contributed by atoms with Crippen LogP contribution in [0.5, 0.6) is 5.75 Å². The summed E-state index contributed by atoms with van der Waals surface area (Å²) in [4.78, 5) is 18.1. The van der Waals surface area contributed by atoms with E-state index in [9.17, 15) is 4.79 Å². The van der Waals surface area contributed by atoms with E-state index in [2.05, 4.69) is 15.2 Å². The lowest BCUT2D eigenvalue weighted by Gasteiger charge is -2.28. The predicted molar refractivity (Wildman–Crippen MR) is 77.4 cm³/mol. The third-order valence-corrected chi connectivity index (χ3v) is 3.24. The third kappa shape index (κ3) is 2.42. The van der Waals surface area contributed by atoms with Gasteiger partial charge in [-0.3, -0.25) is 9.78 Å². The van der Waals surface area contributed by atoms with Gasteiger partial charge in [-0.05, 0) is 30.3 Å². The largest absolute Gasteiger partial charge is 0.490 e. The van der Waals surface area contributed by atoms with Crippen LogP contribution >= 0.6 is 0 Å². The molecule has 0 spiro atoms. The van der Waals surface area contributed by atoms with Crippen LogP contribution in [-0.4, -0.2) is 31.1 Å². The molecule has 2 aromatic rings. The number of rotatable bonds is 2. The molecule has 3 rings (SSSR count). The lowest BCUT2D eigenvalue weighted by Crippen LogP contribution is -2.28. The number of benzene rings is 1. The van der Waals surface area contributed by atoms with Gasteiger partial charge in [0.2, 0.25) is 0 Å². The highest BCUT2D eigenvalue weighted by Crippen LogP contribution is 2.33. The van der Waals surface area contributed by atoms with Crippen molar-refractivity contribution >= 4 is 17.3 Å². The van der Waals surface area contributed by atoms with E-state index in [-0.39, 0.29) is 5.91 Å². The maximum absolute atomic E-state index is 12.1. The lowest BCUT2D eigenvalue weighted by molar-refractivity contribution is 0.102. The molecule has 2 heterocycles. The molecule has 0 unspecified atom stereocenters. The number of nitrogens with one attached hydrogen (secondary N) is 1. The minimum Gasteiger partial charge on any atom is -0.490 e. The second-order valence-electron chi connectivity index (χ2n) is 4.65. The van der Waals surface area contributed by atoms with Crippen LogP contribution in [0.1, 0.15) is 10.4 Å². The first-order valence-electron chi connectivity index (χ1n) is 6.43. The van der Waals surface area contributed by atoms with Gasteiger partial charge in [-0.25, -0.2) is 0 Å². The highest BCUT2D eigenvalue weighted by Gasteiger charge is 2.16. The molecule has 5 nitrogen and oxygen atoms in total. The fourth-order valence-corrected chi connectivity index (χ4v) is 2.13. The Bertz CT molecular complexity index is 628. The monoisotopic (exact) mass is 269 g/mol. The van der Waals surface area contributed by atoms with E-state index in [4.69, 9.17) is 4.74 Å². The molecule has 0 fully saturated rings. The smallest absolute Gasteiger partial charge is 0.257 e. The predicted octanol–water partition coefficient (Wildman–Crippen LogP) is 2.16. The number of amides is 1. The number of nitrogens with zero attached hydrogens (tertiary/aromatic N) is 2. The molecular weight excluding hydrogens is 254 g/mol. The quantitative estimate of drug-likeness (QED) is 0.907. The number of fused-ring (bicyclic) bond motifs is 1. The Labute approximate surface area is 117 Å². The van der Waals surface area contributed by atoms with Crippen LogP contribution in [0.25, 0.3) is 0 Å². The van der Waals surface area contributed by atoms with Crippen LogP contribution in [0.4, 0.5) is 11.4 Å². The van der Waals surface area contributed by atoms with E-state index < -0.39 is 0 Å². The minimum absolute atomic E-state index is 0.169. The zero-order valence-corrected chi connectivity index (χ0v) is 11.2. The summed E-state index contributed by atoms with van der Waals surface area (Å²) in [6.45, 7) is 1.53. The maximum Gasteiger partial charge on any atom is 0.257 e. The van der Waals surface area contributed by atoms with Crippen molar-refractivity contribution < 1.29 is 9.53 Å². The summed E-state index contributed by atoms with van der Waals surface area (Å²) >= 11 is 0. The molecule has 0 aliphatic carbocycles. The van der Waals surface area contributed by atoms with Gasteiger partial charge in [0.1, 0.15) is 12.4 Å². The van der Waals surface area contributed by atoms with Crippen molar-refractivity contribution in [1.82, 2.24) is 4.98 Å². The number of anilines is 2. The Morgan fingerprint density at radius 1 is 1.40 bits per heavy atom. The van der Waals surface area contributed by atoms with Crippen LogP contribution < -0.4 is 15.0 Å². The van der Waals surface area contributed by atoms with E-state index in [1.807, 2.05) is 25.2 Å². The van der Waals surface area contributed by atoms with Crippen LogP contribution in [-0.2, 0) is 0 Å². The van der Waals surface area contributed by atoms with Crippen molar-refractivity contribution in [3.05, 3.63) is 48.3 Å². The van der Waals surface area contributed by atoms with Crippen molar-refractivity contribution in [3.8, 4) is 5.75 Å². The number of likely N-dealkylation sites (N-methyl/N-ethyl adjacent to an activating group) is 1. The SMILES string of the molecule is CN1CCOc2ccc(NC(=O)c3cccnc3)cc21. The van der Waals surface area contributed by atoms with Crippen LogP contribution in [0.2, 0.25) is 0 Å². The molecule has 0 atom stereocenters. The van der Waals surface area contributed by atoms with E-state index in [0.717, 1.165) is 23.7 Å². The Morgan fingerprint density at radius 2 is 2.30 bits per heavy atom. The second kappa shape index (κ2) is 5.21. The average Bonchev–Trinajstić information content (AvgIpc) is 2.49. The van der Waals surface area contributed by atoms with E-state index in [1.54, 1.807) is 24.5 Å². The Hall–Kier alpha value is -2.56. The van der Waals surface area contributed by atoms with Gasteiger partial charge in [-0.15, -0.1) is 0 Å². The number of hydrogen-bond acceptors (Lipinski definition) is 4. The number of ether oxygens (including phenoxy) is 1. The normalized spacial score (nSPS) is 13.3. The zero-order chi connectivity index (χ0) is 13.9. The molecule has 1 aromatic carbocycles. The van der Waals surface area contributed by atoms with Gasteiger partial charge >= 0.3 is 0 Å². The van der Waals surface area contributed by atoms with E-state index in [1.165, 1.54) is 0 Å². The standard InChI is InChI=1S/C15H15N3O2/c1-18-7-8-20-14-5-4-12(9-13(14)18)17-15(19)11-3-2-6-16-10-11/h2-6,9-10H,7-8H2,1H3,(H,17,19). The fourth-order valence-electron chi connectivity index (χ4n) is 2.13. The molecule has 1 N–H and O–H groups in total. The fraction of sp³-hybridized carbons (Fsp3) is 0.200. The third-order valence-electron chi connectivity index (χ3n) is 3.24. The van der Waals surface area contributed by atoms with Gasteiger partial charge in [0, 0.05) is 25.1 Å². The molecule has 102 valence electrons. The molecule has 0 radical (unpaired) electrons. The first kappa shape index (κ1) is 12.5. The summed E-state index contributed by atoms with van der Waals surface area (Å²) in [7, 11) is 2.01. The van der Waals surface area contributed by atoms with Crippen LogP contribution in [0.15, 0.2) is 42.7 Å². The zero-order valence-electron chi connectivity index (χ0n) is 11.2. The van der Waals surface area contributed by atoms with Crippen molar-refractivity contribution in [2.24, 2.45) is 0 Å². The summed E-state index contributed by atoms with van der Waals surface area (Å²) in [6, 6.07) is 9.11. The van der Waals surface area contributed by atoms with Crippen molar-refractivity contribution in [2.45, 2.75) is 0 Å². The highest BCUT2D eigenvalue weighted by atomic mass is 16.5. The van der Waals surface area contributed by atoms with Gasteiger partial charge in [-0.1, -0.05) is 0 Å². The van der Waals surface area contributed by atoms with Crippen molar-refractivity contribution in [1.29, 1.82) is 0 Å². The Morgan fingerprint density at radius 3 is 3.10 bits per heavy atom. The highest BCUT2D eigenvalue weighted by molar-refractivity contribution is 6.04. The summed E-state index contributed by atoms with van der Waals surface area (Å²) in [5.41, 5.74) is 2.27. The van der Waals surface area contributed by atoms with Crippen LogP contribution in [0, 0.1) is 0 Å². The number of aromatic nitrogens is 1. The molecule has 1 aromatic heterocycles. The van der Waals surface area contributed by atoms with E-state index in [0.29, 0.717) is 12.2 Å². The van der Waals surface area contributed by atoms with Gasteiger partial charge in [0.05, 0.1) is 17.8 Å². The van der Waals surface area contributed by atoms with Crippen LogP contribution in [0.3, 0.4) is 0 Å². The first-order valence-corrected chi connectivity index (χ1v) is 6.43. The molecular formula is C15H15N3O2. The number of carbonyl (C=O) groups excluding carboxylic acids is 1.